The van der Waals surface area contributed by atoms with Crippen molar-refractivity contribution in [2.24, 2.45) is 0 Å². The number of anilines is 1. The van der Waals surface area contributed by atoms with Crippen molar-refractivity contribution in [3.05, 3.63) is 72.4 Å². The topological polar surface area (TPSA) is 74.8 Å². The number of hydrogen-bond acceptors (Lipinski definition) is 3. The lowest BCUT2D eigenvalue weighted by Gasteiger charge is -2.09. The minimum Gasteiger partial charge on any atom is -0.345 e. The van der Waals surface area contributed by atoms with Gasteiger partial charge in [0.05, 0.1) is 24.0 Å². The summed E-state index contributed by atoms with van der Waals surface area (Å²) in [6, 6.07) is 12.4. The number of sulfonamides is 1. The summed E-state index contributed by atoms with van der Waals surface area (Å²) in [4.78, 5) is 6.91. The molecule has 7 heteroatoms. The number of H-pyrrole nitrogens is 1. The van der Waals surface area contributed by atoms with Crippen LogP contribution in [0.4, 0.5) is 10.1 Å². The monoisotopic (exact) mass is 331 g/mol. The summed E-state index contributed by atoms with van der Waals surface area (Å²) in [5.74, 6) is -0.618. The van der Waals surface area contributed by atoms with Crippen LogP contribution < -0.4 is 4.72 Å². The van der Waals surface area contributed by atoms with Crippen molar-refractivity contribution in [1.29, 1.82) is 0 Å². The van der Waals surface area contributed by atoms with Gasteiger partial charge in [-0.25, -0.2) is 17.8 Å². The Morgan fingerprint density at radius 1 is 1.13 bits per heavy atom. The summed E-state index contributed by atoms with van der Waals surface area (Å²) in [6.45, 7) is 0. The molecule has 0 bridgehead atoms. The lowest BCUT2D eigenvalue weighted by Crippen LogP contribution is -2.15. The first-order valence-corrected chi connectivity index (χ1v) is 8.51. The Hall–Kier alpha value is -2.67. The normalized spacial score (nSPS) is 11.3. The average molecular weight is 331 g/mol. The van der Waals surface area contributed by atoms with Gasteiger partial charge in [0.1, 0.15) is 5.82 Å². The van der Waals surface area contributed by atoms with E-state index in [1.165, 1.54) is 24.3 Å². The number of aromatic amines is 1. The molecule has 0 radical (unpaired) electrons. The highest BCUT2D eigenvalue weighted by atomic mass is 32.2. The third kappa shape index (κ3) is 3.95. The molecule has 0 amide bonds. The highest BCUT2D eigenvalue weighted by Crippen LogP contribution is 2.21. The molecule has 1 aromatic heterocycles. The fraction of sp³-hybridized carbons (Fsp3) is 0.0625. The molecule has 0 atom stereocenters. The van der Waals surface area contributed by atoms with E-state index in [1.807, 2.05) is 6.07 Å². The quantitative estimate of drug-likeness (QED) is 0.754. The summed E-state index contributed by atoms with van der Waals surface area (Å²) in [5, 5.41) is 0. The van der Waals surface area contributed by atoms with E-state index in [0.717, 1.165) is 11.3 Å². The number of nitrogens with zero attached hydrogens (tertiary/aromatic N) is 1. The van der Waals surface area contributed by atoms with E-state index < -0.39 is 15.8 Å². The minimum absolute atomic E-state index is 0.221. The van der Waals surface area contributed by atoms with Crippen molar-refractivity contribution < 1.29 is 12.8 Å². The first kappa shape index (κ1) is 15.2. The van der Waals surface area contributed by atoms with E-state index in [-0.39, 0.29) is 5.75 Å². The zero-order valence-corrected chi connectivity index (χ0v) is 12.8. The van der Waals surface area contributed by atoms with Crippen LogP contribution >= 0.6 is 0 Å². The third-order valence-electron chi connectivity index (χ3n) is 3.22. The Balaban J connectivity index is 1.78. The maximum absolute atomic E-state index is 12.9. The number of imidazole rings is 1. The maximum atomic E-state index is 12.9. The molecule has 0 unspecified atom stereocenters. The zero-order valence-electron chi connectivity index (χ0n) is 12.0. The van der Waals surface area contributed by atoms with Gasteiger partial charge >= 0.3 is 0 Å². The number of rotatable bonds is 5. The number of aromatic nitrogens is 2. The van der Waals surface area contributed by atoms with E-state index in [2.05, 4.69) is 14.7 Å². The lowest BCUT2D eigenvalue weighted by atomic mass is 10.1. The van der Waals surface area contributed by atoms with Gasteiger partial charge in [-0.05, 0) is 29.8 Å². The van der Waals surface area contributed by atoms with Crippen LogP contribution in [0, 0.1) is 5.82 Å². The second-order valence-electron chi connectivity index (χ2n) is 5.03. The molecule has 0 fully saturated rings. The molecule has 118 valence electrons. The van der Waals surface area contributed by atoms with Crippen LogP contribution in [0.2, 0.25) is 0 Å². The average Bonchev–Trinajstić information content (AvgIpc) is 3.03. The van der Waals surface area contributed by atoms with Crippen LogP contribution in [0.15, 0.2) is 61.1 Å². The molecular formula is C16H14FN3O2S. The fourth-order valence-electron chi connectivity index (χ4n) is 2.18. The van der Waals surface area contributed by atoms with Gasteiger partial charge in [0, 0.05) is 11.3 Å². The van der Waals surface area contributed by atoms with Gasteiger partial charge in [-0.2, -0.15) is 0 Å². The van der Waals surface area contributed by atoms with Crippen molar-refractivity contribution in [2.75, 3.05) is 4.72 Å². The predicted molar refractivity (Wildman–Crippen MR) is 86.7 cm³/mol. The molecule has 3 rings (SSSR count). The summed E-state index contributed by atoms with van der Waals surface area (Å²) < 4.78 is 39.9. The van der Waals surface area contributed by atoms with Gasteiger partial charge in [-0.15, -0.1) is 0 Å². The van der Waals surface area contributed by atoms with Crippen molar-refractivity contribution in [1.82, 2.24) is 9.97 Å². The number of hydrogen-bond donors (Lipinski definition) is 2. The zero-order chi connectivity index (χ0) is 16.3. The summed E-state index contributed by atoms with van der Waals surface area (Å²) in [5.41, 5.74) is 2.59. The molecule has 3 aromatic rings. The molecule has 2 aromatic carbocycles. The Kier molecular flexibility index (Phi) is 4.12. The van der Waals surface area contributed by atoms with Gasteiger partial charge in [0.15, 0.2) is 0 Å². The first-order valence-electron chi connectivity index (χ1n) is 6.86. The lowest BCUT2D eigenvalue weighted by molar-refractivity contribution is 0.600. The van der Waals surface area contributed by atoms with Crippen molar-refractivity contribution in [3.63, 3.8) is 0 Å². The molecule has 0 saturated heterocycles. The standard InChI is InChI=1S/C16H14FN3O2S/c17-14-6-4-12(5-7-14)10-23(21,22)20-15-3-1-2-13(8-15)16-9-18-11-19-16/h1-9,11,20H,10H2,(H,18,19). The second-order valence-corrected chi connectivity index (χ2v) is 6.76. The summed E-state index contributed by atoms with van der Waals surface area (Å²) >= 11 is 0. The van der Waals surface area contributed by atoms with E-state index in [9.17, 15) is 12.8 Å². The molecule has 0 aliphatic carbocycles. The molecule has 0 aliphatic rings. The predicted octanol–water partition coefficient (Wildman–Crippen LogP) is 3.16. The van der Waals surface area contributed by atoms with Crippen LogP contribution in [0.5, 0.6) is 0 Å². The Labute approximate surface area is 133 Å². The smallest absolute Gasteiger partial charge is 0.236 e. The van der Waals surface area contributed by atoms with Crippen LogP contribution in [-0.4, -0.2) is 18.4 Å². The van der Waals surface area contributed by atoms with Gasteiger partial charge in [0.2, 0.25) is 10.0 Å². The Morgan fingerprint density at radius 2 is 1.91 bits per heavy atom. The molecule has 0 spiro atoms. The maximum Gasteiger partial charge on any atom is 0.236 e. The second kappa shape index (κ2) is 6.21. The molecule has 0 saturated carbocycles. The molecule has 5 nitrogen and oxygen atoms in total. The Morgan fingerprint density at radius 3 is 2.61 bits per heavy atom. The molecular weight excluding hydrogens is 317 g/mol. The Bertz CT molecular complexity index is 891. The number of benzene rings is 2. The highest BCUT2D eigenvalue weighted by Gasteiger charge is 2.12. The van der Waals surface area contributed by atoms with E-state index >= 15 is 0 Å². The molecule has 0 aliphatic heterocycles. The largest absolute Gasteiger partial charge is 0.345 e. The fourth-order valence-corrected chi connectivity index (χ4v) is 3.37. The highest BCUT2D eigenvalue weighted by molar-refractivity contribution is 7.91. The van der Waals surface area contributed by atoms with E-state index in [0.29, 0.717) is 11.3 Å². The first-order chi connectivity index (χ1) is 11.0. The molecule has 2 N–H and O–H groups in total. The van der Waals surface area contributed by atoms with Crippen molar-refractivity contribution in [3.8, 4) is 11.3 Å². The van der Waals surface area contributed by atoms with Crippen molar-refractivity contribution >= 4 is 15.7 Å². The van der Waals surface area contributed by atoms with Gasteiger partial charge < -0.3 is 4.98 Å². The number of nitrogens with one attached hydrogen (secondary N) is 2. The van der Waals surface area contributed by atoms with Gasteiger partial charge in [-0.1, -0.05) is 24.3 Å². The van der Waals surface area contributed by atoms with Gasteiger partial charge in [-0.3, -0.25) is 4.72 Å². The third-order valence-corrected chi connectivity index (χ3v) is 4.48. The van der Waals surface area contributed by atoms with Crippen LogP contribution in [0.3, 0.4) is 0 Å². The number of halogens is 1. The van der Waals surface area contributed by atoms with Crippen LogP contribution in [0.25, 0.3) is 11.3 Å². The van der Waals surface area contributed by atoms with Gasteiger partial charge in [0.25, 0.3) is 0 Å². The molecule has 23 heavy (non-hydrogen) atoms. The molecule has 1 heterocycles. The van der Waals surface area contributed by atoms with Crippen molar-refractivity contribution in [2.45, 2.75) is 5.75 Å². The van der Waals surface area contributed by atoms with Crippen LogP contribution in [-0.2, 0) is 15.8 Å². The van der Waals surface area contributed by atoms with Crippen LogP contribution in [0.1, 0.15) is 5.56 Å². The summed E-state index contributed by atoms with van der Waals surface area (Å²) in [6.07, 6.45) is 3.22. The SMILES string of the molecule is O=S(=O)(Cc1ccc(F)cc1)Nc1cccc(-c2cnc[nH]2)c1. The van der Waals surface area contributed by atoms with E-state index in [4.69, 9.17) is 0 Å². The summed E-state index contributed by atoms with van der Waals surface area (Å²) in [7, 11) is -3.58. The van der Waals surface area contributed by atoms with E-state index in [1.54, 1.807) is 30.7 Å². The minimum atomic E-state index is -3.58.